The van der Waals surface area contributed by atoms with Crippen molar-refractivity contribution >= 4 is 35.6 Å². The van der Waals surface area contributed by atoms with E-state index in [4.69, 9.17) is 4.74 Å². The van der Waals surface area contributed by atoms with Crippen LogP contribution in [0.2, 0.25) is 0 Å². The van der Waals surface area contributed by atoms with E-state index in [1.165, 1.54) is 12.1 Å². The van der Waals surface area contributed by atoms with Gasteiger partial charge in [0.15, 0.2) is 17.6 Å². The summed E-state index contributed by atoms with van der Waals surface area (Å²) in [5, 5.41) is 6.65. The molecule has 1 atom stereocenters. The topological polar surface area (TPSA) is 48.9 Å². The Kier molecular flexibility index (Phi) is 8.94. The first-order chi connectivity index (χ1) is 13.6. The predicted octanol–water partition coefficient (Wildman–Crippen LogP) is 3.78. The third-order valence-electron chi connectivity index (χ3n) is 4.93. The summed E-state index contributed by atoms with van der Waals surface area (Å²) in [7, 11) is 3.39. The van der Waals surface area contributed by atoms with Crippen molar-refractivity contribution < 1.29 is 13.5 Å². The van der Waals surface area contributed by atoms with Crippen molar-refractivity contribution in [3.63, 3.8) is 0 Å². The van der Waals surface area contributed by atoms with Crippen molar-refractivity contribution in [3.8, 4) is 5.75 Å². The molecule has 0 aliphatic carbocycles. The van der Waals surface area contributed by atoms with Crippen molar-refractivity contribution in [2.75, 3.05) is 38.7 Å². The maximum absolute atomic E-state index is 13.5. The smallest absolute Gasteiger partial charge is 0.191 e. The molecule has 1 aliphatic heterocycles. The van der Waals surface area contributed by atoms with Crippen LogP contribution >= 0.6 is 24.0 Å². The lowest BCUT2D eigenvalue weighted by molar-refractivity contribution is 0.414. The molecule has 2 aromatic carbocycles. The average molecular weight is 516 g/mol. The minimum Gasteiger partial charge on any atom is -0.497 e. The van der Waals surface area contributed by atoms with E-state index in [2.05, 4.69) is 20.5 Å². The van der Waals surface area contributed by atoms with Gasteiger partial charge in [-0.25, -0.2) is 8.78 Å². The number of anilines is 1. The Balaban J connectivity index is 0.00000300. The van der Waals surface area contributed by atoms with E-state index in [0.717, 1.165) is 49.0 Å². The Bertz CT molecular complexity index is 834. The van der Waals surface area contributed by atoms with Gasteiger partial charge in [-0.15, -0.1) is 24.0 Å². The lowest BCUT2D eigenvalue weighted by Crippen LogP contribution is -2.39. The van der Waals surface area contributed by atoms with Crippen LogP contribution in [0.4, 0.5) is 14.5 Å². The number of guanidine groups is 1. The molecule has 3 rings (SSSR count). The van der Waals surface area contributed by atoms with Crippen LogP contribution in [0.3, 0.4) is 0 Å². The minimum atomic E-state index is -0.813. The summed E-state index contributed by atoms with van der Waals surface area (Å²) < 4.78 is 31.8. The van der Waals surface area contributed by atoms with Crippen LogP contribution in [0.25, 0.3) is 0 Å². The molecule has 1 unspecified atom stereocenters. The second kappa shape index (κ2) is 11.2. The third-order valence-corrected chi connectivity index (χ3v) is 4.93. The van der Waals surface area contributed by atoms with Gasteiger partial charge in [-0.05, 0) is 42.2 Å². The Labute approximate surface area is 187 Å². The summed E-state index contributed by atoms with van der Waals surface area (Å²) in [5.41, 5.74) is 1.83. The monoisotopic (exact) mass is 516 g/mol. The second-order valence-corrected chi connectivity index (χ2v) is 6.86. The third kappa shape index (κ3) is 6.45. The van der Waals surface area contributed by atoms with Crippen molar-refractivity contribution in [1.82, 2.24) is 10.6 Å². The Morgan fingerprint density at radius 1 is 1.17 bits per heavy atom. The highest BCUT2D eigenvalue weighted by Crippen LogP contribution is 2.25. The normalized spacial score (nSPS) is 16.3. The molecule has 0 amide bonds. The van der Waals surface area contributed by atoms with E-state index < -0.39 is 11.6 Å². The fourth-order valence-electron chi connectivity index (χ4n) is 3.35. The first kappa shape index (κ1) is 23.2. The van der Waals surface area contributed by atoms with Crippen LogP contribution in [0.1, 0.15) is 12.0 Å². The second-order valence-electron chi connectivity index (χ2n) is 6.86. The fourth-order valence-corrected chi connectivity index (χ4v) is 3.35. The average Bonchev–Trinajstić information content (AvgIpc) is 3.19. The molecule has 158 valence electrons. The van der Waals surface area contributed by atoms with Gasteiger partial charge in [0.25, 0.3) is 0 Å². The first-order valence-electron chi connectivity index (χ1n) is 9.36. The number of methoxy groups -OCH3 is 1. The predicted molar refractivity (Wildman–Crippen MR) is 123 cm³/mol. The van der Waals surface area contributed by atoms with Gasteiger partial charge in [0.1, 0.15) is 5.75 Å². The number of rotatable bonds is 6. The zero-order valence-corrected chi connectivity index (χ0v) is 19.0. The van der Waals surface area contributed by atoms with Gasteiger partial charge in [-0.1, -0.05) is 12.1 Å². The lowest BCUT2D eigenvalue weighted by Gasteiger charge is -2.19. The van der Waals surface area contributed by atoms with Crippen LogP contribution < -0.4 is 20.3 Å². The van der Waals surface area contributed by atoms with Crippen LogP contribution in [-0.2, 0) is 6.54 Å². The highest BCUT2D eigenvalue weighted by atomic mass is 127. The van der Waals surface area contributed by atoms with Gasteiger partial charge in [0, 0.05) is 45.0 Å². The number of hydrogen-bond donors (Lipinski definition) is 2. The molecule has 1 heterocycles. The highest BCUT2D eigenvalue weighted by Gasteiger charge is 2.23. The molecular weight excluding hydrogens is 489 g/mol. The summed E-state index contributed by atoms with van der Waals surface area (Å²) in [6, 6.07) is 12.0. The molecule has 5 nitrogen and oxygen atoms in total. The lowest BCUT2D eigenvalue weighted by atomic mass is 10.1. The van der Waals surface area contributed by atoms with E-state index in [0.29, 0.717) is 12.5 Å². The largest absolute Gasteiger partial charge is 0.497 e. The summed E-state index contributed by atoms with van der Waals surface area (Å²) in [4.78, 5) is 6.35. The number of nitrogens with zero attached hydrogens (tertiary/aromatic N) is 2. The molecule has 0 radical (unpaired) electrons. The number of benzene rings is 2. The minimum absolute atomic E-state index is 0. The van der Waals surface area contributed by atoms with Crippen LogP contribution in [-0.4, -0.2) is 39.8 Å². The van der Waals surface area contributed by atoms with E-state index in [1.807, 2.05) is 24.3 Å². The maximum atomic E-state index is 13.5. The van der Waals surface area contributed by atoms with Crippen molar-refractivity contribution in [2.45, 2.75) is 13.0 Å². The molecule has 2 aromatic rings. The van der Waals surface area contributed by atoms with E-state index in [1.54, 1.807) is 20.2 Å². The zero-order chi connectivity index (χ0) is 19.9. The summed E-state index contributed by atoms with van der Waals surface area (Å²) >= 11 is 0. The van der Waals surface area contributed by atoms with Gasteiger partial charge >= 0.3 is 0 Å². The molecule has 2 N–H and O–H groups in total. The SMILES string of the molecule is CN=C(NCc1cccc(OC)c1)NCC1CCN(c2ccc(F)c(F)c2)C1.I. The van der Waals surface area contributed by atoms with Crippen LogP contribution in [0.5, 0.6) is 5.75 Å². The van der Waals surface area contributed by atoms with Crippen LogP contribution in [0, 0.1) is 17.6 Å². The number of nitrogens with one attached hydrogen (secondary N) is 2. The van der Waals surface area contributed by atoms with E-state index in [-0.39, 0.29) is 24.0 Å². The van der Waals surface area contributed by atoms with Gasteiger partial charge in [0.2, 0.25) is 0 Å². The molecule has 0 spiro atoms. The molecule has 1 saturated heterocycles. The first-order valence-corrected chi connectivity index (χ1v) is 9.36. The van der Waals surface area contributed by atoms with E-state index in [9.17, 15) is 8.78 Å². The molecule has 8 heteroatoms. The van der Waals surface area contributed by atoms with Gasteiger partial charge in [0.05, 0.1) is 7.11 Å². The van der Waals surface area contributed by atoms with Gasteiger partial charge in [-0.2, -0.15) is 0 Å². The van der Waals surface area contributed by atoms with E-state index >= 15 is 0 Å². The van der Waals surface area contributed by atoms with Crippen molar-refractivity contribution in [3.05, 3.63) is 59.7 Å². The molecule has 0 bridgehead atoms. The standard InChI is InChI=1S/C21H26F2N4O.HI/c1-24-21(25-12-15-4-3-5-18(10-15)28-2)26-13-16-8-9-27(14-16)17-6-7-19(22)20(23)11-17;/h3-7,10-11,16H,8-9,12-14H2,1-2H3,(H2,24,25,26);1H. The molecular formula is C21H27F2IN4O. The number of halogens is 3. The molecule has 1 fully saturated rings. The summed E-state index contributed by atoms with van der Waals surface area (Å²) in [5.74, 6) is 0.344. The number of aliphatic imine (C=N–C) groups is 1. The Morgan fingerprint density at radius 2 is 2.00 bits per heavy atom. The Morgan fingerprint density at radius 3 is 2.72 bits per heavy atom. The van der Waals surface area contributed by atoms with Crippen LogP contribution in [0.15, 0.2) is 47.5 Å². The number of hydrogen-bond acceptors (Lipinski definition) is 3. The molecule has 0 saturated carbocycles. The van der Waals surface area contributed by atoms with Gasteiger partial charge < -0.3 is 20.3 Å². The van der Waals surface area contributed by atoms with Crippen molar-refractivity contribution in [2.24, 2.45) is 10.9 Å². The highest BCUT2D eigenvalue weighted by molar-refractivity contribution is 14.0. The molecule has 29 heavy (non-hydrogen) atoms. The number of ether oxygens (including phenoxy) is 1. The molecule has 1 aliphatic rings. The van der Waals surface area contributed by atoms with Gasteiger partial charge in [-0.3, -0.25) is 4.99 Å². The molecule has 0 aromatic heterocycles. The summed E-state index contributed by atoms with van der Waals surface area (Å²) in [6.07, 6.45) is 0.985. The quantitative estimate of drug-likeness (QED) is 0.349. The Hall–Kier alpha value is -2.10. The zero-order valence-electron chi connectivity index (χ0n) is 16.6. The van der Waals surface area contributed by atoms with Crippen molar-refractivity contribution in [1.29, 1.82) is 0 Å². The maximum Gasteiger partial charge on any atom is 0.191 e. The fraction of sp³-hybridized carbons (Fsp3) is 0.381. The summed E-state index contributed by atoms with van der Waals surface area (Å²) in [6.45, 7) is 3.03.